The highest BCUT2D eigenvalue weighted by Crippen LogP contribution is 2.23. The Labute approximate surface area is 187 Å². The maximum atomic E-state index is 13.0. The largest absolute Gasteiger partial charge is 0.386 e. The number of amides is 1. The van der Waals surface area contributed by atoms with Gasteiger partial charge < -0.3 is 14.9 Å². The van der Waals surface area contributed by atoms with Crippen molar-refractivity contribution < 1.29 is 14.7 Å². The van der Waals surface area contributed by atoms with Crippen molar-refractivity contribution in [1.29, 1.82) is 0 Å². The van der Waals surface area contributed by atoms with Crippen molar-refractivity contribution in [3.8, 4) is 0 Å². The summed E-state index contributed by atoms with van der Waals surface area (Å²) in [4.78, 5) is 32.8. The van der Waals surface area contributed by atoms with E-state index in [1.807, 2.05) is 23.6 Å². The summed E-state index contributed by atoms with van der Waals surface area (Å²) in [6.07, 6.45) is 1.94. The van der Waals surface area contributed by atoms with Crippen molar-refractivity contribution in [2.75, 3.05) is 31.1 Å². The number of aryl methyl sites for hydroxylation is 1. The molecule has 0 unspecified atom stereocenters. The molecule has 3 heterocycles. The predicted molar refractivity (Wildman–Crippen MR) is 122 cm³/mol. The highest BCUT2D eigenvalue weighted by atomic mass is 16.3. The van der Waals surface area contributed by atoms with Gasteiger partial charge in [0.1, 0.15) is 5.82 Å². The van der Waals surface area contributed by atoms with E-state index in [4.69, 9.17) is 0 Å². The number of aromatic nitrogens is 3. The minimum atomic E-state index is -0.949. The summed E-state index contributed by atoms with van der Waals surface area (Å²) in [5.41, 5.74) is 2.64. The first-order valence-corrected chi connectivity index (χ1v) is 10.9. The number of ketones is 1. The van der Waals surface area contributed by atoms with E-state index in [1.165, 1.54) is 0 Å². The molecule has 0 radical (unpaired) electrons. The van der Waals surface area contributed by atoms with Crippen LogP contribution in [0.25, 0.3) is 5.65 Å². The molecule has 168 valence electrons. The Hall–Kier alpha value is -3.26. The molecule has 1 saturated heterocycles. The third-order valence-electron chi connectivity index (χ3n) is 5.84. The third kappa shape index (κ3) is 4.65. The summed E-state index contributed by atoms with van der Waals surface area (Å²) in [6.45, 7) is 8.24. The summed E-state index contributed by atoms with van der Waals surface area (Å²) in [6, 6.07) is 10.9. The van der Waals surface area contributed by atoms with Crippen molar-refractivity contribution in [2.45, 2.75) is 39.2 Å². The smallest absolute Gasteiger partial charge is 0.209 e. The first kappa shape index (κ1) is 22.0. The molecule has 1 N–H and O–H groups in total. The van der Waals surface area contributed by atoms with Gasteiger partial charge in [0.2, 0.25) is 6.41 Å². The van der Waals surface area contributed by atoms with E-state index in [9.17, 15) is 14.7 Å². The summed E-state index contributed by atoms with van der Waals surface area (Å²) in [5.74, 6) is 0.852. The fourth-order valence-corrected chi connectivity index (χ4v) is 4.04. The minimum absolute atomic E-state index is 0.0330. The van der Waals surface area contributed by atoms with Crippen LogP contribution in [0.15, 0.2) is 36.4 Å². The second-order valence-corrected chi connectivity index (χ2v) is 8.88. The van der Waals surface area contributed by atoms with Crippen LogP contribution in [0.5, 0.6) is 0 Å². The van der Waals surface area contributed by atoms with Crippen molar-refractivity contribution >= 4 is 23.7 Å². The normalized spacial score (nSPS) is 15.1. The first-order chi connectivity index (χ1) is 15.2. The molecule has 0 bridgehead atoms. The van der Waals surface area contributed by atoms with E-state index in [2.05, 4.69) is 15.0 Å². The number of nitrogens with zero attached hydrogens (tertiary/aromatic N) is 5. The summed E-state index contributed by atoms with van der Waals surface area (Å²) < 4.78 is 1.82. The number of hydrogen-bond acceptors (Lipinski definition) is 6. The minimum Gasteiger partial charge on any atom is -0.386 e. The van der Waals surface area contributed by atoms with Crippen molar-refractivity contribution in [3.05, 3.63) is 58.9 Å². The zero-order valence-corrected chi connectivity index (χ0v) is 18.8. The molecular formula is C24H29N5O3. The third-order valence-corrected chi connectivity index (χ3v) is 5.84. The Morgan fingerprint density at radius 2 is 1.88 bits per heavy atom. The molecule has 1 aromatic carbocycles. The Bertz CT molecular complexity index is 1130. The number of carbonyl (C=O) groups is 2. The van der Waals surface area contributed by atoms with E-state index >= 15 is 0 Å². The number of Topliss-reactive ketones (excluding diaryl/α,β-unsaturated/α-hetero) is 1. The molecule has 3 aromatic rings. The lowest BCUT2D eigenvalue weighted by Gasteiger charge is -2.23. The fraction of sp³-hybridized carbons (Fsp3) is 0.417. The molecule has 0 saturated carbocycles. The predicted octanol–water partition coefficient (Wildman–Crippen LogP) is 2.36. The zero-order chi connectivity index (χ0) is 22.9. The SMILES string of the molecule is Cc1cc2nc(CC(=O)c3ccc(C(C)(C)O)cc3)cc(N3CCCN(C=O)CC3)n2n1. The number of aliphatic hydroxyl groups is 1. The van der Waals surface area contributed by atoms with Crippen molar-refractivity contribution in [1.82, 2.24) is 19.5 Å². The van der Waals surface area contributed by atoms with E-state index < -0.39 is 5.60 Å². The lowest BCUT2D eigenvalue weighted by atomic mass is 9.96. The van der Waals surface area contributed by atoms with Crippen LogP contribution in [0.1, 0.15) is 47.6 Å². The number of hydrogen-bond donors (Lipinski definition) is 1. The zero-order valence-electron chi connectivity index (χ0n) is 18.8. The van der Waals surface area contributed by atoms with Crippen molar-refractivity contribution in [3.63, 3.8) is 0 Å². The van der Waals surface area contributed by atoms with Crippen LogP contribution < -0.4 is 4.90 Å². The molecular weight excluding hydrogens is 406 g/mol. The van der Waals surface area contributed by atoms with Gasteiger partial charge in [-0.15, -0.1) is 0 Å². The molecule has 0 spiro atoms. The average molecular weight is 436 g/mol. The fourth-order valence-electron chi connectivity index (χ4n) is 4.04. The number of anilines is 1. The van der Waals surface area contributed by atoms with E-state index in [-0.39, 0.29) is 12.2 Å². The molecule has 0 atom stereocenters. The molecule has 4 rings (SSSR count). The summed E-state index contributed by atoms with van der Waals surface area (Å²) in [5, 5.41) is 14.7. The monoisotopic (exact) mass is 435 g/mol. The van der Waals surface area contributed by atoms with E-state index in [0.29, 0.717) is 30.0 Å². The van der Waals surface area contributed by atoms with Gasteiger partial charge in [-0.3, -0.25) is 9.59 Å². The van der Waals surface area contributed by atoms with Crippen LogP contribution in [0.4, 0.5) is 5.82 Å². The Balaban J connectivity index is 1.62. The van der Waals surface area contributed by atoms with E-state index in [1.54, 1.807) is 43.0 Å². The van der Waals surface area contributed by atoms with Gasteiger partial charge in [-0.05, 0) is 32.8 Å². The van der Waals surface area contributed by atoms with Crippen LogP contribution in [0, 0.1) is 6.92 Å². The molecule has 1 aliphatic heterocycles. The molecule has 0 aliphatic carbocycles. The second kappa shape index (κ2) is 8.70. The van der Waals surface area contributed by atoms with Gasteiger partial charge in [0.05, 0.1) is 23.4 Å². The van der Waals surface area contributed by atoms with Gasteiger partial charge in [0, 0.05) is 43.9 Å². The molecule has 32 heavy (non-hydrogen) atoms. The topological polar surface area (TPSA) is 91.0 Å². The van der Waals surface area contributed by atoms with Gasteiger partial charge in [0.15, 0.2) is 11.4 Å². The summed E-state index contributed by atoms with van der Waals surface area (Å²) >= 11 is 0. The summed E-state index contributed by atoms with van der Waals surface area (Å²) in [7, 11) is 0. The average Bonchev–Trinajstić information content (AvgIpc) is 2.97. The van der Waals surface area contributed by atoms with Crippen LogP contribution in [0.3, 0.4) is 0 Å². The standard InChI is InChI=1S/C24H29N5O3/c1-17-13-22-25-20(14-21(31)18-5-7-19(8-6-18)24(2,3)32)15-23(29(22)26-17)28-10-4-9-27(16-30)11-12-28/h5-8,13,15-16,32H,4,9-12,14H2,1-3H3. The Kier molecular flexibility index (Phi) is 5.97. The molecule has 8 nitrogen and oxygen atoms in total. The van der Waals surface area contributed by atoms with E-state index in [0.717, 1.165) is 43.0 Å². The first-order valence-electron chi connectivity index (χ1n) is 10.9. The quantitative estimate of drug-likeness (QED) is 0.472. The highest BCUT2D eigenvalue weighted by Gasteiger charge is 2.20. The van der Waals surface area contributed by atoms with Gasteiger partial charge in [-0.25, -0.2) is 4.98 Å². The van der Waals surface area contributed by atoms with Gasteiger partial charge in [0.25, 0.3) is 0 Å². The maximum Gasteiger partial charge on any atom is 0.209 e. The van der Waals surface area contributed by atoms with Crippen LogP contribution in [-0.2, 0) is 16.8 Å². The molecule has 8 heteroatoms. The lowest BCUT2D eigenvalue weighted by Crippen LogP contribution is -2.31. The Morgan fingerprint density at radius 3 is 2.56 bits per heavy atom. The molecule has 2 aromatic heterocycles. The lowest BCUT2D eigenvalue weighted by molar-refractivity contribution is -0.117. The number of rotatable bonds is 6. The van der Waals surface area contributed by atoms with Crippen molar-refractivity contribution in [2.24, 2.45) is 0 Å². The molecule has 1 amide bonds. The number of benzene rings is 1. The van der Waals surface area contributed by atoms with Crippen LogP contribution in [0.2, 0.25) is 0 Å². The highest BCUT2D eigenvalue weighted by molar-refractivity contribution is 5.97. The van der Waals surface area contributed by atoms with Gasteiger partial charge in [-0.1, -0.05) is 24.3 Å². The van der Waals surface area contributed by atoms with Gasteiger partial charge in [-0.2, -0.15) is 9.61 Å². The second-order valence-electron chi connectivity index (χ2n) is 8.88. The Morgan fingerprint density at radius 1 is 1.12 bits per heavy atom. The van der Waals surface area contributed by atoms with Crippen LogP contribution >= 0.6 is 0 Å². The number of carbonyl (C=O) groups excluding carboxylic acids is 2. The number of fused-ring (bicyclic) bond motifs is 1. The maximum absolute atomic E-state index is 13.0. The van der Waals surface area contributed by atoms with Gasteiger partial charge >= 0.3 is 0 Å². The molecule has 1 fully saturated rings. The molecule has 1 aliphatic rings. The van der Waals surface area contributed by atoms with Crippen LogP contribution in [-0.4, -0.2) is 63.0 Å².